The van der Waals surface area contributed by atoms with Gasteiger partial charge in [-0.15, -0.1) is 0 Å². The summed E-state index contributed by atoms with van der Waals surface area (Å²) < 4.78 is 29.7. The van der Waals surface area contributed by atoms with Crippen LogP contribution < -0.4 is 0 Å². The summed E-state index contributed by atoms with van der Waals surface area (Å²) in [5.74, 6) is 0. The van der Waals surface area contributed by atoms with E-state index >= 15 is 0 Å². The van der Waals surface area contributed by atoms with E-state index in [1.54, 1.807) is 0 Å². The maximum Gasteiger partial charge on any atom is 0.397 e. The van der Waals surface area contributed by atoms with E-state index in [9.17, 15) is 8.42 Å². The summed E-state index contributed by atoms with van der Waals surface area (Å²) in [5.41, 5.74) is 0. The molecule has 1 N–H and O–H groups in total. The van der Waals surface area contributed by atoms with Gasteiger partial charge in [0.05, 0.1) is 13.8 Å². The molecule has 0 aliphatic carbocycles. The molecular weight excluding hydrogens is 328 g/mol. The molecule has 0 radical (unpaired) electrons. The van der Waals surface area contributed by atoms with Gasteiger partial charge in [-0.05, 0) is 6.42 Å². The number of hydrogen-bond donors (Lipinski definition) is 1. The molecule has 1 rings (SSSR count). The summed E-state index contributed by atoms with van der Waals surface area (Å²) >= 11 is 0. The topological polar surface area (TPSA) is 70.1 Å². The van der Waals surface area contributed by atoms with Crippen LogP contribution in [0.2, 0.25) is 0 Å². The lowest BCUT2D eigenvalue weighted by Crippen LogP contribution is -2.23. The molecule has 0 aromatic heterocycles. The van der Waals surface area contributed by atoms with Crippen molar-refractivity contribution >= 4 is 10.4 Å². The summed E-state index contributed by atoms with van der Waals surface area (Å²) in [6, 6.07) is 0. The first kappa shape index (κ1) is 23.2. The Morgan fingerprint density at radius 1 is 0.958 bits per heavy atom. The largest absolute Gasteiger partial charge is 0.397 e. The minimum atomic E-state index is -4.16. The van der Waals surface area contributed by atoms with Crippen molar-refractivity contribution in [1.82, 2.24) is 9.80 Å². The van der Waals surface area contributed by atoms with Gasteiger partial charge in [0, 0.05) is 26.0 Å². The van der Waals surface area contributed by atoms with Crippen LogP contribution in [0.15, 0.2) is 12.4 Å². The molecule has 0 saturated carbocycles. The predicted octanol–water partition coefficient (Wildman–Crippen LogP) is 4.02. The molecule has 7 heteroatoms. The van der Waals surface area contributed by atoms with Crippen LogP contribution in [0, 0.1) is 0 Å². The van der Waals surface area contributed by atoms with Crippen molar-refractivity contribution in [2.24, 2.45) is 0 Å². The summed E-state index contributed by atoms with van der Waals surface area (Å²) in [7, 11) is -1.16. The van der Waals surface area contributed by atoms with Gasteiger partial charge in [0.1, 0.15) is 0 Å². The predicted molar refractivity (Wildman–Crippen MR) is 98.9 cm³/mol. The van der Waals surface area contributed by atoms with Gasteiger partial charge < -0.3 is 9.80 Å². The van der Waals surface area contributed by atoms with E-state index in [0.29, 0.717) is 0 Å². The fourth-order valence-electron chi connectivity index (χ4n) is 2.54. The van der Waals surface area contributed by atoms with Crippen LogP contribution in [0.1, 0.15) is 71.1 Å². The van der Waals surface area contributed by atoms with E-state index in [1.807, 2.05) is 0 Å². The first-order chi connectivity index (χ1) is 11.4. The molecule has 1 aliphatic heterocycles. The molecule has 0 aromatic rings. The Morgan fingerprint density at radius 3 is 1.79 bits per heavy atom. The zero-order valence-electron chi connectivity index (χ0n) is 15.6. The van der Waals surface area contributed by atoms with Gasteiger partial charge in [0.2, 0.25) is 0 Å². The SMILES string of the molecule is CCCCCCCCCCCCN1C=CN(C)C1.COS(=O)(=O)O. The van der Waals surface area contributed by atoms with Crippen LogP contribution in [0.25, 0.3) is 0 Å². The normalized spacial score (nSPS) is 14.0. The van der Waals surface area contributed by atoms with Crippen molar-refractivity contribution in [3.63, 3.8) is 0 Å². The molecule has 1 heterocycles. The molecule has 0 atom stereocenters. The molecular formula is C17H36N2O4S. The van der Waals surface area contributed by atoms with E-state index in [1.165, 1.54) is 70.8 Å². The fraction of sp³-hybridized carbons (Fsp3) is 0.882. The first-order valence-corrected chi connectivity index (χ1v) is 10.4. The Balaban J connectivity index is 0.000000754. The van der Waals surface area contributed by atoms with Crippen LogP contribution >= 0.6 is 0 Å². The number of hydrogen-bond acceptors (Lipinski definition) is 5. The average molecular weight is 365 g/mol. The average Bonchev–Trinajstić information content (AvgIpc) is 2.94. The van der Waals surface area contributed by atoms with Crippen LogP contribution in [-0.4, -0.2) is 50.1 Å². The van der Waals surface area contributed by atoms with Gasteiger partial charge in [-0.1, -0.05) is 64.7 Å². The van der Waals surface area contributed by atoms with Crippen molar-refractivity contribution in [2.75, 3.05) is 27.4 Å². The molecule has 1 aliphatic rings. The third-order valence-electron chi connectivity index (χ3n) is 3.95. The lowest BCUT2D eigenvalue weighted by atomic mass is 10.1. The summed E-state index contributed by atoms with van der Waals surface area (Å²) in [5, 5.41) is 0. The van der Waals surface area contributed by atoms with Gasteiger partial charge in [-0.2, -0.15) is 8.42 Å². The number of nitrogens with zero attached hydrogens (tertiary/aromatic N) is 2. The molecule has 0 bridgehead atoms. The Hall–Kier alpha value is -0.790. The van der Waals surface area contributed by atoms with Crippen molar-refractivity contribution in [3.05, 3.63) is 12.4 Å². The highest BCUT2D eigenvalue weighted by atomic mass is 32.3. The highest BCUT2D eigenvalue weighted by Gasteiger charge is 2.06. The second-order valence-electron chi connectivity index (χ2n) is 6.29. The molecule has 0 unspecified atom stereocenters. The Morgan fingerprint density at radius 2 is 1.42 bits per heavy atom. The Kier molecular flexibility index (Phi) is 14.1. The Labute approximate surface area is 148 Å². The number of unbranched alkanes of at least 4 members (excludes halogenated alkanes) is 9. The van der Waals surface area contributed by atoms with Crippen LogP contribution in [0.3, 0.4) is 0 Å². The van der Waals surface area contributed by atoms with Gasteiger partial charge in [0.15, 0.2) is 0 Å². The standard InChI is InChI=1S/C16H32N2.CH4O4S/c1-3-4-5-6-7-8-9-10-11-12-13-18-15-14-17(2)16-18;1-5-6(2,3)4/h14-15H,3-13,16H2,1-2H3;1H3,(H,2,3,4). The van der Waals surface area contributed by atoms with Crippen LogP contribution in [-0.2, 0) is 14.6 Å². The Bertz CT molecular complexity index is 413. The van der Waals surface area contributed by atoms with Gasteiger partial charge in [0.25, 0.3) is 0 Å². The zero-order chi connectivity index (χ0) is 18.3. The fourth-order valence-corrected chi connectivity index (χ4v) is 2.54. The molecule has 0 spiro atoms. The smallest absolute Gasteiger partial charge is 0.362 e. The highest BCUT2D eigenvalue weighted by Crippen LogP contribution is 2.11. The van der Waals surface area contributed by atoms with E-state index in [-0.39, 0.29) is 0 Å². The summed E-state index contributed by atoms with van der Waals surface area (Å²) in [6.07, 6.45) is 18.6. The monoisotopic (exact) mass is 364 g/mol. The molecule has 0 aromatic carbocycles. The van der Waals surface area contributed by atoms with Crippen LogP contribution in [0.4, 0.5) is 0 Å². The van der Waals surface area contributed by atoms with Crippen LogP contribution in [0.5, 0.6) is 0 Å². The van der Waals surface area contributed by atoms with Gasteiger partial charge in [-0.3, -0.25) is 8.74 Å². The first-order valence-electron chi connectivity index (χ1n) is 9.04. The van der Waals surface area contributed by atoms with Crippen molar-refractivity contribution in [3.8, 4) is 0 Å². The molecule has 24 heavy (non-hydrogen) atoms. The third kappa shape index (κ3) is 16.1. The second-order valence-corrected chi connectivity index (χ2v) is 7.47. The van der Waals surface area contributed by atoms with Crippen molar-refractivity contribution in [2.45, 2.75) is 71.1 Å². The molecule has 144 valence electrons. The van der Waals surface area contributed by atoms with Crippen molar-refractivity contribution < 1.29 is 17.2 Å². The molecule has 0 saturated heterocycles. The lowest BCUT2D eigenvalue weighted by Gasteiger charge is -2.17. The van der Waals surface area contributed by atoms with Crippen molar-refractivity contribution in [1.29, 1.82) is 0 Å². The lowest BCUT2D eigenvalue weighted by molar-refractivity contribution is 0.290. The van der Waals surface area contributed by atoms with Gasteiger partial charge in [-0.25, -0.2) is 0 Å². The molecule has 0 fully saturated rings. The maximum absolute atomic E-state index is 9.33. The number of rotatable bonds is 12. The third-order valence-corrected chi connectivity index (χ3v) is 4.37. The highest BCUT2D eigenvalue weighted by molar-refractivity contribution is 7.80. The quantitative estimate of drug-likeness (QED) is 0.417. The van der Waals surface area contributed by atoms with Gasteiger partial charge >= 0.3 is 10.4 Å². The maximum atomic E-state index is 9.33. The summed E-state index contributed by atoms with van der Waals surface area (Å²) in [6.45, 7) is 4.60. The minimum absolute atomic E-state index is 0.870. The van der Waals surface area contributed by atoms with E-state index in [0.717, 1.165) is 13.8 Å². The summed E-state index contributed by atoms with van der Waals surface area (Å²) in [4.78, 5) is 4.64. The zero-order valence-corrected chi connectivity index (χ0v) is 16.4. The minimum Gasteiger partial charge on any atom is -0.362 e. The molecule has 0 amide bonds. The van der Waals surface area contributed by atoms with E-state index < -0.39 is 10.4 Å². The molecule has 6 nitrogen and oxygen atoms in total. The second kappa shape index (κ2) is 14.5. The van der Waals surface area contributed by atoms with E-state index in [2.05, 4.69) is 40.4 Å². The van der Waals surface area contributed by atoms with E-state index in [4.69, 9.17) is 4.55 Å².